The van der Waals surface area contributed by atoms with Crippen LogP contribution in [0.1, 0.15) is 5.56 Å². The molecule has 32 heavy (non-hydrogen) atoms. The second-order valence-electron chi connectivity index (χ2n) is 6.34. The highest BCUT2D eigenvalue weighted by Gasteiger charge is 2.18. The highest BCUT2D eigenvalue weighted by molar-refractivity contribution is 6.02. The Hall–Kier alpha value is -3.76. The Balaban J connectivity index is 2.22. The minimum atomic E-state index is -1.20. The van der Waals surface area contributed by atoms with Crippen molar-refractivity contribution in [3.63, 3.8) is 0 Å². The number of carbonyl (C=O) groups excluding carboxylic acids is 2. The van der Waals surface area contributed by atoms with E-state index in [0.29, 0.717) is 28.5 Å². The van der Waals surface area contributed by atoms with Gasteiger partial charge in [-0.3, -0.25) is 4.79 Å². The minimum absolute atomic E-state index is 0.0432. The number of ether oxygens (including phenoxy) is 5. The average molecular weight is 446 g/mol. The normalized spacial score (nSPS) is 11.6. The van der Waals surface area contributed by atoms with Crippen molar-refractivity contribution in [2.24, 2.45) is 5.73 Å². The third kappa shape index (κ3) is 6.13. The molecule has 172 valence electrons. The quantitative estimate of drug-likeness (QED) is 0.282. The SMILES string of the molecule is COc1cc(OC)c(C=CC(=O)Nc2ccc(OC)c(OC(=O)C(N)CO)c2)c(OC)c1. The Labute approximate surface area is 185 Å². The predicted molar refractivity (Wildman–Crippen MR) is 117 cm³/mol. The van der Waals surface area contributed by atoms with Gasteiger partial charge >= 0.3 is 5.97 Å². The summed E-state index contributed by atoms with van der Waals surface area (Å²) in [5, 5.41) is 11.7. The van der Waals surface area contributed by atoms with Gasteiger partial charge in [-0.25, -0.2) is 4.79 Å². The monoisotopic (exact) mass is 446 g/mol. The molecule has 4 N–H and O–H groups in total. The number of esters is 1. The summed E-state index contributed by atoms with van der Waals surface area (Å²) >= 11 is 0. The highest BCUT2D eigenvalue weighted by Crippen LogP contribution is 2.35. The Morgan fingerprint density at radius 1 is 0.969 bits per heavy atom. The van der Waals surface area contributed by atoms with Crippen LogP contribution in [0.3, 0.4) is 0 Å². The van der Waals surface area contributed by atoms with E-state index in [-0.39, 0.29) is 11.5 Å². The first-order valence-corrected chi connectivity index (χ1v) is 9.42. The lowest BCUT2D eigenvalue weighted by atomic mass is 10.1. The molecule has 0 spiro atoms. The zero-order chi connectivity index (χ0) is 23.7. The number of anilines is 1. The van der Waals surface area contributed by atoms with Crippen LogP contribution in [0.15, 0.2) is 36.4 Å². The molecule has 0 saturated heterocycles. The van der Waals surface area contributed by atoms with Gasteiger partial charge in [-0.2, -0.15) is 0 Å². The van der Waals surface area contributed by atoms with Crippen molar-refractivity contribution in [2.45, 2.75) is 6.04 Å². The van der Waals surface area contributed by atoms with Crippen LogP contribution in [0.4, 0.5) is 5.69 Å². The number of hydrogen-bond acceptors (Lipinski definition) is 9. The summed E-state index contributed by atoms with van der Waals surface area (Å²) in [4.78, 5) is 24.3. The van der Waals surface area contributed by atoms with Crippen molar-refractivity contribution < 1.29 is 38.4 Å². The van der Waals surface area contributed by atoms with Crippen molar-refractivity contribution in [3.05, 3.63) is 42.0 Å². The van der Waals surface area contributed by atoms with E-state index in [0.717, 1.165) is 0 Å². The molecular weight excluding hydrogens is 420 g/mol. The molecule has 10 nitrogen and oxygen atoms in total. The molecule has 0 aromatic heterocycles. The summed E-state index contributed by atoms with van der Waals surface area (Å²) < 4.78 is 26.2. The summed E-state index contributed by atoms with van der Waals surface area (Å²) in [6.07, 6.45) is 2.83. The van der Waals surface area contributed by atoms with Crippen molar-refractivity contribution >= 4 is 23.6 Å². The van der Waals surface area contributed by atoms with Crippen molar-refractivity contribution in [3.8, 4) is 28.7 Å². The molecule has 0 heterocycles. The predicted octanol–water partition coefficient (Wildman–Crippen LogP) is 1.60. The van der Waals surface area contributed by atoms with E-state index < -0.39 is 24.5 Å². The Morgan fingerprint density at radius 2 is 1.59 bits per heavy atom. The molecule has 0 aliphatic carbocycles. The fourth-order valence-electron chi connectivity index (χ4n) is 2.63. The number of hydrogen-bond donors (Lipinski definition) is 3. The Kier molecular flexibility index (Phi) is 8.87. The lowest BCUT2D eigenvalue weighted by Crippen LogP contribution is -2.37. The number of amides is 1. The second-order valence-corrected chi connectivity index (χ2v) is 6.34. The maximum atomic E-state index is 12.5. The van der Waals surface area contributed by atoms with Crippen LogP contribution in [0, 0.1) is 0 Å². The third-order valence-corrected chi connectivity index (χ3v) is 4.30. The fourth-order valence-corrected chi connectivity index (χ4v) is 2.63. The molecular formula is C22H26N2O8. The van der Waals surface area contributed by atoms with Gasteiger partial charge in [-0.15, -0.1) is 0 Å². The van der Waals surface area contributed by atoms with Gasteiger partial charge in [0.15, 0.2) is 11.5 Å². The maximum absolute atomic E-state index is 12.5. The minimum Gasteiger partial charge on any atom is -0.496 e. The number of nitrogens with one attached hydrogen (secondary N) is 1. The zero-order valence-corrected chi connectivity index (χ0v) is 18.2. The summed E-state index contributed by atoms with van der Waals surface area (Å²) in [5.41, 5.74) is 6.35. The first kappa shape index (κ1) is 24.5. The van der Waals surface area contributed by atoms with Crippen LogP contribution in [0.2, 0.25) is 0 Å². The van der Waals surface area contributed by atoms with Crippen molar-refractivity contribution in [1.29, 1.82) is 0 Å². The van der Waals surface area contributed by atoms with Gasteiger partial charge < -0.3 is 39.8 Å². The number of benzene rings is 2. The number of methoxy groups -OCH3 is 4. The van der Waals surface area contributed by atoms with Gasteiger partial charge in [0.05, 0.1) is 40.6 Å². The number of aliphatic hydroxyl groups excluding tert-OH is 1. The second kappa shape index (κ2) is 11.6. The molecule has 1 unspecified atom stereocenters. The largest absolute Gasteiger partial charge is 0.496 e. The molecule has 2 aromatic rings. The number of aliphatic hydroxyl groups is 1. The van der Waals surface area contributed by atoms with Crippen LogP contribution in [-0.2, 0) is 9.59 Å². The zero-order valence-electron chi connectivity index (χ0n) is 18.2. The van der Waals surface area contributed by atoms with E-state index in [4.69, 9.17) is 34.5 Å². The fraction of sp³-hybridized carbons (Fsp3) is 0.273. The first-order chi connectivity index (χ1) is 15.4. The number of nitrogens with two attached hydrogens (primary N) is 1. The van der Waals surface area contributed by atoms with Gasteiger partial charge in [-0.05, 0) is 18.2 Å². The molecule has 1 atom stereocenters. The summed E-state index contributed by atoms with van der Waals surface area (Å²) in [7, 11) is 5.91. The number of rotatable bonds is 10. The van der Waals surface area contributed by atoms with E-state index in [2.05, 4.69) is 5.32 Å². The Bertz CT molecular complexity index is 965. The first-order valence-electron chi connectivity index (χ1n) is 9.42. The van der Waals surface area contributed by atoms with Crippen molar-refractivity contribution in [2.75, 3.05) is 40.4 Å². The van der Waals surface area contributed by atoms with Gasteiger partial charge in [0.25, 0.3) is 0 Å². The lowest BCUT2D eigenvalue weighted by molar-refractivity contribution is -0.136. The molecule has 0 radical (unpaired) electrons. The highest BCUT2D eigenvalue weighted by atomic mass is 16.6. The Morgan fingerprint density at radius 3 is 2.12 bits per heavy atom. The van der Waals surface area contributed by atoms with Crippen LogP contribution < -0.4 is 34.7 Å². The molecule has 0 aliphatic rings. The summed E-state index contributed by atoms with van der Waals surface area (Å²) in [5.74, 6) is 0.466. The molecule has 0 saturated carbocycles. The summed E-state index contributed by atoms with van der Waals surface area (Å²) in [6, 6.07) is 6.63. The third-order valence-electron chi connectivity index (χ3n) is 4.30. The molecule has 0 bridgehead atoms. The van der Waals surface area contributed by atoms with Gasteiger partial charge in [-0.1, -0.05) is 0 Å². The van der Waals surface area contributed by atoms with Gasteiger partial charge in [0, 0.05) is 30.0 Å². The van der Waals surface area contributed by atoms with Crippen LogP contribution in [-0.4, -0.2) is 58.1 Å². The standard InChI is InChI=1S/C22H26N2O8/c1-28-14-10-18(30-3)15(19(11-14)31-4)6-8-21(26)24-13-5-7-17(29-2)20(9-13)32-22(27)16(23)12-25/h5-11,16,25H,12,23H2,1-4H3,(H,24,26). The molecule has 10 heteroatoms. The molecule has 0 fully saturated rings. The molecule has 2 rings (SSSR count). The average Bonchev–Trinajstić information content (AvgIpc) is 2.81. The topological polar surface area (TPSA) is 139 Å². The smallest absolute Gasteiger partial charge is 0.330 e. The van der Waals surface area contributed by atoms with Crippen LogP contribution in [0.5, 0.6) is 28.7 Å². The van der Waals surface area contributed by atoms with E-state index in [1.54, 1.807) is 18.2 Å². The van der Waals surface area contributed by atoms with Gasteiger partial charge in [0.1, 0.15) is 23.3 Å². The lowest BCUT2D eigenvalue weighted by Gasteiger charge is -2.13. The van der Waals surface area contributed by atoms with E-state index in [1.165, 1.54) is 52.7 Å². The molecule has 0 aliphatic heterocycles. The van der Waals surface area contributed by atoms with E-state index in [9.17, 15) is 9.59 Å². The van der Waals surface area contributed by atoms with E-state index >= 15 is 0 Å². The van der Waals surface area contributed by atoms with Crippen LogP contribution >= 0.6 is 0 Å². The molecule has 1 amide bonds. The van der Waals surface area contributed by atoms with E-state index in [1.807, 2.05) is 0 Å². The van der Waals surface area contributed by atoms with Crippen molar-refractivity contribution in [1.82, 2.24) is 0 Å². The van der Waals surface area contributed by atoms with Crippen LogP contribution in [0.25, 0.3) is 6.08 Å². The summed E-state index contributed by atoms with van der Waals surface area (Å²) in [6.45, 7) is -0.569. The molecule has 2 aromatic carbocycles. The number of carbonyl (C=O) groups is 2. The van der Waals surface area contributed by atoms with Gasteiger partial charge in [0.2, 0.25) is 5.91 Å². The maximum Gasteiger partial charge on any atom is 0.330 e.